The molecule has 3 aromatic rings. The Morgan fingerprint density at radius 3 is 2.53 bits per heavy atom. The first kappa shape index (κ1) is 20.0. The zero-order valence-electron chi connectivity index (χ0n) is 17.2. The highest BCUT2D eigenvalue weighted by Crippen LogP contribution is 2.28. The summed E-state index contributed by atoms with van der Waals surface area (Å²) >= 11 is 0. The maximum atomic E-state index is 12.6. The first-order valence-corrected chi connectivity index (χ1v) is 10.1. The van der Waals surface area contributed by atoms with E-state index in [0.29, 0.717) is 23.2 Å². The lowest BCUT2D eigenvalue weighted by molar-refractivity contribution is 0.0819. The highest BCUT2D eigenvalue weighted by molar-refractivity contribution is 6.03. The minimum absolute atomic E-state index is 0.239. The number of benzene rings is 2. The third kappa shape index (κ3) is 4.31. The molecule has 156 valence electrons. The molecular weight excluding hydrogens is 380 g/mol. The molecule has 1 saturated heterocycles. The van der Waals surface area contributed by atoms with E-state index >= 15 is 0 Å². The lowest BCUT2D eigenvalue weighted by Crippen LogP contribution is -2.36. The second-order valence-corrected chi connectivity index (χ2v) is 7.29. The first-order valence-electron chi connectivity index (χ1n) is 10.1. The van der Waals surface area contributed by atoms with Gasteiger partial charge in [-0.05, 0) is 55.3 Å². The van der Waals surface area contributed by atoms with E-state index in [2.05, 4.69) is 20.4 Å². The minimum atomic E-state index is -0.239. The van der Waals surface area contributed by atoms with Crippen molar-refractivity contribution in [3.63, 3.8) is 0 Å². The molecule has 0 saturated carbocycles. The quantitative estimate of drug-likeness (QED) is 0.648. The normalized spacial score (nSPS) is 14.5. The van der Waals surface area contributed by atoms with E-state index in [4.69, 9.17) is 9.47 Å². The van der Waals surface area contributed by atoms with Gasteiger partial charge in [0.25, 0.3) is 5.91 Å². The number of amides is 1. The van der Waals surface area contributed by atoms with Crippen LogP contribution in [-0.4, -0.2) is 49.5 Å². The molecule has 1 aliphatic rings. The van der Waals surface area contributed by atoms with Crippen LogP contribution in [0.2, 0.25) is 0 Å². The lowest BCUT2D eigenvalue weighted by atomic mass is 10.1. The van der Waals surface area contributed by atoms with Gasteiger partial charge in [0.05, 0.1) is 18.9 Å². The number of aromatic nitrogens is 2. The number of carbonyl (C=O) groups excluding carboxylic acids is 1. The van der Waals surface area contributed by atoms with Crippen molar-refractivity contribution in [2.24, 2.45) is 0 Å². The van der Waals surface area contributed by atoms with Gasteiger partial charge >= 0.3 is 0 Å². The van der Waals surface area contributed by atoms with E-state index in [1.54, 1.807) is 20.3 Å². The summed E-state index contributed by atoms with van der Waals surface area (Å²) in [5.41, 5.74) is 3.78. The van der Waals surface area contributed by atoms with E-state index in [9.17, 15) is 4.79 Å². The second-order valence-electron chi connectivity index (χ2n) is 7.29. The van der Waals surface area contributed by atoms with Crippen LogP contribution in [0.25, 0.3) is 11.3 Å². The summed E-state index contributed by atoms with van der Waals surface area (Å²) < 4.78 is 10.8. The predicted molar refractivity (Wildman–Crippen MR) is 117 cm³/mol. The molecule has 0 spiro atoms. The van der Waals surface area contributed by atoms with Gasteiger partial charge in [-0.25, -0.2) is 0 Å². The summed E-state index contributed by atoms with van der Waals surface area (Å²) in [6.45, 7) is 1.95. The number of hydrogen-bond donors (Lipinski definition) is 2. The molecule has 0 radical (unpaired) electrons. The van der Waals surface area contributed by atoms with Crippen molar-refractivity contribution in [2.45, 2.75) is 18.9 Å². The van der Waals surface area contributed by atoms with Crippen molar-refractivity contribution in [1.82, 2.24) is 10.2 Å². The van der Waals surface area contributed by atoms with Crippen LogP contribution in [0.15, 0.2) is 54.6 Å². The standard InChI is InChI=1S/C23H26N4O3/c1-29-18-11-13-27(14-12-18)17-9-7-16(8-10-17)24-23(28)21-15-20(25-26-21)19-5-3-4-6-22(19)30-2/h3-10,15,18H,11-14H2,1-2H3,(H,24,28)(H,25,26). The number of anilines is 2. The molecule has 1 aromatic heterocycles. The van der Waals surface area contributed by atoms with E-state index in [1.165, 1.54) is 0 Å². The van der Waals surface area contributed by atoms with Crippen molar-refractivity contribution >= 4 is 17.3 Å². The molecule has 0 aliphatic carbocycles. The van der Waals surface area contributed by atoms with Gasteiger partial charge in [-0.3, -0.25) is 9.89 Å². The summed E-state index contributed by atoms with van der Waals surface area (Å²) in [7, 11) is 3.39. The predicted octanol–water partition coefficient (Wildman–Crippen LogP) is 3.95. The number of carbonyl (C=O) groups is 1. The number of H-pyrrole nitrogens is 1. The fourth-order valence-corrected chi connectivity index (χ4v) is 3.74. The number of piperidine rings is 1. The summed E-state index contributed by atoms with van der Waals surface area (Å²) in [6.07, 6.45) is 2.42. The van der Waals surface area contributed by atoms with Crippen LogP contribution in [0.1, 0.15) is 23.3 Å². The molecule has 1 aliphatic heterocycles. The topological polar surface area (TPSA) is 79.5 Å². The zero-order chi connectivity index (χ0) is 20.9. The van der Waals surface area contributed by atoms with Gasteiger partial charge in [0.15, 0.2) is 0 Å². The fourth-order valence-electron chi connectivity index (χ4n) is 3.74. The summed E-state index contributed by atoms with van der Waals surface area (Å²) in [5.74, 6) is 0.471. The minimum Gasteiger partial charge on any atom is -0.496 e. The average Bonchev–Trinajstić information content (AvgIpc) is 3.30. The van der Waals surface area contributed by atoms with Crippen molar-refractivity contribution < 1.29 is 14.3 Å². The number of aromatic amines is 1. The Kier molecular flexibility index (Phi) is 5.99. The van der Waals surface area contributed by atoms with E-state index < -0.39 is 0 Å². The van der Waals surface area contributed by atoms with Crippen LogP contribution < -0.4 is 15.0 Å². The Hall–Kier alpha value is -3.32. The summed E-state index contributed by atoms with van der Waals surface area (Å²) in [6, 6.07) is 17.2. The molecule has 0 atom stereocenters. The van der Waals surface area contributed by atoms with Gasteiger partial charge < -0.3 is 19.7 Å². The molecule has 30 heavy (non-hydrogen) atoms. The van der Waals surface area contributed by atoms with Crippen LogP contribution in [0.5, 0.6) is 5.75 Å². The Morgan fingerprint density at radius 1 is 1.10 bits per heavy atom. The van der Waals surface area contributed by atoms with Crippen molar-refractivity contribution in [3.8, 4) is 17.0 Å². The van der Waals surface area contributed by atoms with Gasteiger partial charge in [0.1, 0.15) is 11.4 Å². The molecule has 7 nitrogen and oxygen atoms in total. The summed E-state index contributed by atoms with van der Waals surface area (Å²) in [5, 5.41) is 9.99. The smallest absolute Gasteiger partial charge is 0.273 e. The molecule has 0 unspecified atom stereocenters. The number of para-hydroxylation sites is 1. The van der Waals surface area contributed by atoms with Crippen molar-refractivity contribution in [3.05, 3.63) is 60.3 Å². The third-order valence-corrected chi connectivity index (χ3v) is 5.47. The van der Waals surface area contributed by atoms with E-state index in [0.717, 1.165) is 42.9 Å². The van der Waals surface area contributed by atoms with Crippen LogP contribution in [0.3, 0.4) is 0 Å². The average molecular weight is 406 g/mol. The molecule has 1 fully saturated rings. The van der Waals surface area contributed by atoms with Gasteiger partial charge in [0, 0.05) is 37.1 Å². The molecule has 2 N–H and O–H groups in total. The van der Waals surface area contributed by atoms with Crippen molar-refractivity contribution in [2.75, 3.05) is 37.5 Å². The summed E-state index contributed by atoms with van der Waals surface area (Å²) in [4.78, 5) is 15.0. The van der Waals surface area contributed by atoms with Gasteiger partial charge in [-0.2, -0.15) is 5.10 Å². The van der Waals surface area contributed by atoms with Gasteiger partial charge in [-0.1, -0.05) is 12.1 Å². The second kappa shape index (κ2) is 9.00. The van der Waals surface area contributed by atoms with E-state index in [1.807, 2.05) is 48.5 Å². The Morgan fingerprint density at radius 2 is 1.83 bits per heavy atom. The maximum Gasteiger partial charge on any atom is 0.273 e. The molecule has 2 aromatic carbocycles. The molecule has 1 amide bonds. The maximum absolute atomic E-state index is 12.6. The zero-order valence-corrected chi connectivity index (χ0v) is 17.2. The number of nitrogens with zero attached hydrogens (tertiary/aromatic N) is 2. The Balaban J connectivity index is 1.40. The fraction of sp³-hybridized carbons (Fsp3) is 0.304. The first-order chi connectivity index (χ1) is 14.7. The van der Waals surface area contributed by atoms with Crippen LogP contribution in [0, 0.1) is 0 Å². The highest BCUT2D eigenvalue weighted by atomic mass is 16.5. The third-order valence-electron chi connectivity index (χ3n) is 5.47. The number of methoxy groups -OCH3 is 2. The monoisotopic (exact) mass is 406 g/mol. The molecule has 2 heterocycles. The molecule has 4 rings (SSSR count). The SMILES string of the molecule is COc1ccccc1-c1cc(C(=O)Nc2ccc(N3CCC(OC)CC3)cc2)[nH]n1. The molecule has 0 bridgehead atoms. The molecular formula is C23H26N4O3. The van der Waals surface area contributed by atoms with Gasteiger partial charge in [0.2, 0.25) is 0 Å². The lowest BCUT2D eigenvalue weighted by Gasteiger charge is -2.33. The van der Waals surface area contributed by atoms with Crippen LogP contribution >= 0.6 is 0 Å². The number of hydrogen-bond acceptors (Lipinski definition) is 5. The number of nitrogens with one attached hydrogen (secondary N) is 2. The van der Waals surface area contributed by atoms with Crippen LogP contribution in [-0.2, 0) is 4.74 Å². The largest absolute Gasteiger partial charge is 0.496 e. The Labute approximate surface area is 176 Å². The van der Waals surface area contributed by atoms with Gasteiger partial charge in [-0.15, -0.1) is 0 Å². The van der Waals surface area contributed by atoms with Crippen LogP contribution in [0.4, 0.5) is 11.4 Å². The number of rotatable bonds is 6. The highest BCUT2D eigenvalue weighted by Gasteiger charge is 2.19. The van der Waals surface area contributed by atoms with E-state index in [-0.39, 0.29) is 5.91 Å². The Bertz CT molecular complexity index is 992. The van der Waals surface area contributed by atoms with Crippen molar-refractivity contribution in [1.29, 1.82) is 0 Å². The number of ether oxygens (including phenoxy) is 2. The molecule has 7 heteroatoms.